The lowest BCUT2D eigenvalue weighted by Gasteiger charge is -2.12. The number of nitrogens with one attached hydrogen (secondary N) is 1. The second kappa shape index (κ2) is 7.56. The summed E-state index contributed by atoms with van der Waals surface area (Å²) in [6, 6.07) is 11.1. The summed E-state index contributed by atoms with van der Waals surface area (Å²) in [7, 11) is 0. The van der Waals surface area contributed by atoms with Gasteiger partial charge >= 0.3 is 6.18 Å². The summed E-state index contributed by atoms with van der Waals surface area (Å²) in [5.74, 6) is 3.02. The highest BCUT2D eigenvalue weighted by molar-refractivity contribution is 6.22. The van der Waals surface area contributed by atoms with Crippen LogP contribution in [0.25, 0.3) is 0 Å². The second-order valence-electron chi connectivity index (χ2n) is 5.86. The average Bonchev–Trinajstić information content (AvgIpc) is 2.90. The fourth-order valence-corrected chi connectivity index (χ4v) is 2.70. The highest BCUT2D eigenvalue weighted by atomic mass is 19.4. The first-order valence-corrected chi connectivity index (χ1v) is 8.16. The molecule has 0 saturated heterocycles. The van der Waals surface area contributed by atoms with Crippen molar-refractivity contribution in [1.82, 2.24) is 10.2 Å². The van der Waals surface area contributed by atoms with Gasteiger partial charge in [-0.25, -0.2) is 0 Å². The Labute approximate surface area is 158 Å². The van der Waals surface area contributed by atoms with Gasteiger partial charge in [0, 0.05) is 5.56 Å². The number of imide groups is 1. The summed E-state index contributed by atoms with van der Waals surface area (Å²) in [6.45, 7) is -0.721. The molecule has 3 rings (SSSR count). The maximum absolute atomic E-state index is 12.9. The van der Waals surface area contributed by atoms with Crippen molar-refractivity contribution in [2.45, 2.75) is 6.18 Å². The van der Waals surface area contributed by atoms with Crippen molar-refractivity contribution >= 4 is 17.7 Å². The molecule has 5 nitrogen and oxygen atoms in total. The minimum absolute atomic E-state index is 0.204. The van der Waals surface area contributed by atoms with Crippen molar-refractivity contribution < 1.29 is 27.6 Å². The normalized spacial score (nSPS) is 13.0. The maximum Gasteiger partial charge on any atom is 0.417 e. The molecule has 8 heteroatoms. The molecule has 1 aliphatic heterocycles. The van der Waals surface area contributed by atoms with E-state index in [-0.39, 0.29) is 23.2 Å². The van der Waals surface area contributed by atoms with Crippen LogP contribution in [0.2, 0.25) is 0 Å². The summed E-state index contributed by atoms with van der Waals surface area (Å²) < 4.78 is 38.7. The van der Waals surface area contributed by atoms with E-state index in [2.05, 4.69) is 17.2 Å². The molecule has 0 spiro atoms. The van der Waals surface area contributed by atoms with Gasteiger partial charge < -0.3 is 5.32 Å². The van der Waals surface area contributed by atoms with E-state index in [1.54, 1.807) is 12.1 Å². The van der Waals surface area contributed by atoms with Crippen LogP contribution in [-0.2, 0) is 11.0 Å². The second-order valence-corrected chi connectivity index (χ2v) is 5.86. The van der Waals surface area contributed by atoms with E-state index in [1.165, 1.54) is 30.3 Å². The van der Waals surface area contributed by atoms with Crippen molar-refractivity contribution in [2.24, 2.45) is 0 Å². The highest BCUT2D eigenvalue weighted by Gasteiger charge is 2.36. The van der Waals surface area contributed by atoms with Gasteiger partial charge in [0.1, 0.15) is 6.54 Å². The third-order valence-electron chi connectivity index (χ3n) is 4.01. The minimum Gasteiger partial charge on any atom is -0.344 e. The number of fused-ring (bicyclic) bond motifs is 1. The van der Waals surface area contributed by atoms with Gasteiger partial charge in [-0.15, -0.1) is 0 Å². The maximum atomic E-state index is 12.9. The zero-order chi connectivity index (χ0) is 20.3. The molecule has 0 fully saturated rings. The quantitative estimate of drug-likeness (QED) is 0.651. The number of halogens is 3. The molecule has 142 valence electrons. The smallest absolute Gasteiger partial charge is 0.344 e. The van der Waals surface area contributed by atoms with Crippen LogP contribution in [0.1, 0.15) is 31.8 Å². The monoisotopic (exact) mass is 386 g/mol. The molecule has 0 saturated carbocycles. The third-order valence-corrected chi connectivity index (χ3v) is 4.01. The summed E-state index contributed by atoms with van der Waals surface area (Å²) in [6.07, 6.45) is -4.53. The van der Waals surface area contributed by atoms with Crippen molar-refractivity contribution in [3.8, 4) is 11.8 Å². The molecule has 28 heavy (non-hydrogen) atoms. The van der Waals surface area contributed by atoms with Crippen LogP contribution in [0.4, 0.5) is 13.2 Å². The lowest BCUT2D eigenvalue weighted by molar-refractivity contribution is -0.137. The molecule has 0 aliphatic carbocycles. The predicted molar refractivity (Wildman–Crippen MR) is 93.1 cm³/mol. The highest BCUT2D eigenvalue weighted by Crippen LogP contribution is 2.31. The minimum atomic E-state index is -4.53. The fourth-order valence-electron chi connectivity index (χ4n) is 2.70. The molecular formula is C20H13F3N2O3. The zero-order valence-corrected chi connectivity index (χ0v) is 14.3. The Morgan fingerprint density at radius 2 is 1.54 bits per heavy atom. The average molecular weight is 386 g/mol. The van der Waals surface area contributed by atoms with Crippen LogP contribution >= 0.6 is 0 Å². The number of hydrogen-bond donors (Lipinski definition) is 1. The van der Waals surface area contributed by atoms with Crippen molar-refractivity contribution in [1.29, 1.82) is 0 Å². The molecule has 1 aliphatic rings. The molecule has 2 aromatic rings. The van der Waals surface area contributed by atoms with Gasteiger partial charge in [-0.1, -0.05) is 36.1 Å². The van der Waals surface area contributed by atoms with Gasteiger partial charge in [0.15, 0.2) is 0 Å². The standard InChI is InChI=1S/C20H13F3N2O3/c21-20(22,23)16-10-4-1-6-13(16)7-5-11-24-17(26)12-25-18(27)14-8-2-3-9-15(14)19(25)28/h1-4,6,8-10H,11-12H2,(H,24,26). The van der Waals surface area contributed by atoms with Crippen LogP contribution in [0.15, 0.2) is 48.5 Å². The predicted octanol–water partition coefficient (Wildman–Crippen LogP) is 2.47. The van der Waals surface area contributed by atoms with Crippen molar-refractivity contribution in [3.05, 3.63) is 70.8 Å². The van der Waals surface area contributed by atoms with E-state index < -0.39 is 36.0 Å². The Hall–Kier alpha value is -3.60. The Bertz CT molecular complexity index is 984. The zero-order valence-electron chi connectivity index (χ0n) is 14.3. The van der Waals surface area contributed by atoms with Crippen LogP contribution in [0.5, 0.6) is 0 Å². The number of nitrogens with zero attached hydrogens (tertiary/aromatic N) is 1. The van der Waals surface area contributed by atoms with Gasteiger partial charge in [-0.05, 0) is 24.3 Å². The largest absolute Gasteiger partial charge is 0.417 e. The molecule has 0 radical (unpaired) electrons. The first-order valence-electron chi connectivity index (χ1n) is 8.16. The summed E-state index contributed by atoms with van der Waals surface area (Å²) >= 11 is 0. The number of rotatable bonds is 3. The van der Waals surface area contributed by atoms with Crippen molar-refractivity contribution in [3.63, 3.8) is 0 Å². The lowest BCUT2D eigenvalue weighted by atomic mass is 10.1. The molecule has 0 atom stereocenters. The van der Waals surface area contributed by atoms with E-state index in [4.69, 9.17) is 0 Å². The third kappa shape index (κ3) is 3.88. The molecule has 2 aromatic carbocycles. The van der Waals surface area contributed by atoms with Crippen LogP contribution in [0, 0.1) is 11.8 Å². The van der Waals surface area contributed by atoms with E-state index in [1.807, 2.05) is 0 Å². The van der Waals surface area contributed by atoms with E-state index >= 15 is 0 Å². The Kier molecular flexibility index (Phi) is 5.18. The SMILES string of the molecule is O=C(CN1C(=O)c2ccccc2C1=O)NCC#Cc1ccccc1C(F)(F)F. The van der Waals surface area contributed by atoms with Crippen molar-refractivity contribution in [2.75, 3.05) is 13.1 Å². The molecular weight excluding hydrogens is 373 g/mol. The molecule has 1 N–H and O–H groups in total. The van der Waals surface area contributed by atoms with Gasteiger partial charge in [-0.2, -0.15) is 13.2 Å². The molecule has 0 bridgehead atoms. The number of hydrogen-bond acceptors (Lipinski definition) is 3. The molecule has 0 aromatic heterocycles. The Balaban J connectivity index is 1.60. The van der Waals surface area contributed by atoms with Gasteiger partial charge in [0.05, 0.1) is 23.2 Å². The van der Waals surface area contributed by atoms with Gasteiger partial charge in [-0.3, -0.25) is 19.3 Å². The number of carbonyl (C=O) groups excluding carboxylic acids is 3. The van der Waals surface area contributed by atoms with Crippen LogP contribution in [-0.4, -0.2) is 35.7 Å². The van der Waals surface area contributed by atoms with Gasteiger partial charge in [0.25, 0.3) is 11.8 Å². The number of alkyl halides is 3. The number of amides is 3. The van der Waals surface area contributed by atoms with E-state index in [0.29, 0.717) is 0 Å². The van der Waals surface area contributed by atoms with E-state index in [0.717, 1.165) is 11.0 Å². The Morgan fingerprint density at radius 1 is 0.964 bits per heavy atom. The topological polar surface area (TPSA) is 66.5 Å². The summed E-state index contributed by atoms with van der Waals surface area (Å²) in [4.78, 5) is 37.1. The first kappa shape index (κ1) is 19.2. The fraction of sp³-hybridized carbons (Fsp3) is 0.150. The van der Waals surface area contributed by atoms with Crippen LogP contribution in [0.3, 0.4) is 0 Å². The molecule has 3 amide bonds. The van der Waals surface area contributed by atoms with Crippen LogP contribution < -0.4 is 5.32 Å². The molecule has 0 unspecified atom stereocenters. The lowest BCUT2D eigenvalue weighted by Crippen LogP contribution is -2.40. The van der Waals surface area contributed by atoms with E-state index in [9.17, 15) is 27.6 Å². The number of benzene rings is 2. The summed E-state index contributed by atoms with van der Waals surface area (Å²) in [5.41, 5.74) is -0.614. The first-order chi connectivity index (χ1) is 13.3. The number of carbonyl (C=O) groups is 3. The summed E-state index contributed by atoms with van der Waals surface area (Å²) in [5, 5.41) is 2.37. The molecule has 1 heterocycles. The van der Waals surface area contributed by atoms with Gasteiger partial charge in [0.2, 0.25) is 5.91 Å². The Morgan fingerprint density at radius 3 is 2.14 bits per heavy atom.